The molecule has 3 nitrogen and oxygen atoms in total. The van der Waals surface area contributed by atoms with Crippen molar-refractivity contribution in [3.05, 3.63) is 36.0 Å². The highest BCUT2D eigenvalue weighted by molar-refractivity contribution is 5.87. The Kier molecular flexibility index (Phi) is 2.33. The van der Waals surface area contributed by atoms with Crippen LogP contribution in [-0.4, -0.2) is 21.8 Å². The Morgan fingerprint density at radius 1 is 1.21 bits per heavy atom. The predicted molar refractivity (Wildman–Crippen MR) is 54.2 cm³/mol. The third-order valence-corrected chi connectivity index (χ3v) is 2.22. The van der Waals surface area contributed by atoms with E-state index < -0.39 is 0 Å². The van der Waals surface area contributed by atoms with Gasteiger partial charge in [0.05, 0.1) is 0 Å². The van der Waals surface area contributed by atoms with Gasteiger partial charge in [-0.15, -0.1) is 0 Å². The Hall–Kier alpha value is -1.61. The quantitative estimate of drug-likeness (QED) is 0.752. The normalized spacial score (nSPS) is 10.6. The fraction of sp³-hybridized carbons (Fsp3) is 0.182. The number of hydrogen-bond donors (Lipinski definition) is 2. The van der Waals surface area contributed by atoms with Crippen LogP contribution in [0.15, 0.2) is 30.5 Å². The first-order valence-corrected chi connectivity index (χ1v) is 4.49. The highest BCUT2D eigenvalue weighted by atomic mass is 16.3. The van der Waals surface area contributed by atoms with Gasteiger partial charge >= 0.3 is 0 Å². The minimum atomic E-state index is 0.106. The first-order valence-electron chi connectivity index (χ1n) is 4.49. The van der Waals surface area contributed by atoms with Gasteiger partial charge in [-0.25, -0.2) is 0 Å². The van der Waals surface area contributed by atoms with Gasteiger partial charge in [0.1, 0.15) is 11.3 Å². The maximum atomic E-state index is 9.54. The van der Waals surface area contributed by atoms with Crippen molar-refractivity contribution in [3.8, 4) is 5.75 Å². The molecule has 0 aliphatic carbocycles. The molecule has 1 aromatic carbocycles. The summed E-state index contributed by atoms with van der Waals surface area (Å²) in [5, 5.41) is 19.3. The summed E-state index contributed by atoms with van der Waals surface area (Å²) < 4.78 is 0. The molecular weight excluding hydrogens is 178 g/mol. The van der Waals surface area contributed by atoms with Gasteiger partial charge in [-0.2, -0.15) is 0 Å². The largest absolute Gasteiger partial charge is 0.506 e. The number of pyridine rings is 1. The van der Waals surface area contributed by atoms with E-state index in [9.17, 15) is 5.11 Å². The lowest BCUT2D eigenvalue weighted by Gasteiger charge is -2.05. The van der Waals surface area contributed by atoms with E-state index >= 15 is 0 Å². The molecule has 1 aromatic heterocycles. The van der Waals surface area contributed by atoms with Crippen LogP contribution in [0, 0.1) is 0 Å². The van der Waals surface area contributed by atoms with Crippen LogP contribution in [0.3, 0.4) is 0 Å². The highest BCUT2D eigenvalue weighted by Crippen LogP contribution is 2.25. The third kappa shape index (κ3) is 1.42. The summed E-state index contributed by atoms with van der Waals surface area (Å²) in [6.45, 7) is 0.106. The number of phenolic OH excluding ortho intramolecular Hbond substituents is 1. The molecule has 1 heterocycles. The van der Waals surface area contributed by atoms with E-state index in [-0.39, 0.29) is 12.4 Å². The van der Waals surface area contributed by atoms with Crippen molar-refractivity contribution in [2.75, 3.05) is 6.61 Å². The molecule has 0 amide bonds. The number of aliphatic hydroxyl groups is 1. The summed E-state index contributed by atoms with van der Waals surface area (Å²) in [5.41, 5.74) is 1.60. The molecule has 0 bridgehead atoms. The van der Waals surface area contributed by atoms with Gasteiger partial charge in [0.15, 0.2) is 0 Å². The van der Waals surface area contributed by atoms with Gasteiger partial charge in [-0.3, -0.25) is 4.98 Å². The van der Waals surface area contributed by atoms with Crippen LogP contribution in [0.1, 0.15) is 5.56 Å². The third-order valence-electron chi connectivity index (χ3n) is 2.22. The molecule has 0 atom stereocenters. The molecule has 0 saturated carbocycles. The molecule has 0 spiro atoms. The van der Waals surface area contributed by atoms with Gasteiger partial charge in [0, 0.05) is 18.2 Å². The minimum Gasteiger partial charge on any atom is -0.506 e. The van der Waals surface area contributed by atoms with Gasteiger partial charge in [-0.05, 0) is 24.1 Å². The van der Waals surface area contributed by atoms with Crippen LogP contribution < -0.4 is 0 Å². The smallest absolute Gasteiger partial charge is 0.141 e. The van der Waals surface area contributed by atoms with E-state index in [1.54, 1.807) is 12.3 Å². The number of aliphatic hydroxyl groups excluding tert-OH is 1. The van der Waals surface area contributed by atoms with E-state index in [0.29, 0.717) is 11.9 Å². The van der Waals surface area contributed by atoms with E-state index in [0.717, 1.165) is 10.9 Å². The van der Waals surface area contributed by atoms with Crippen molar-refractivity contribution in [2.24, 2.45) is 0 Å². The lowest BCUT2D eigenvalue weighted by atomic mass is 10.1. The van der Waals surface area contributed by atoms with Crippen LogP contribution in [-0.2, 0) is 6.42 Å². The van der Waals surface area contributed by atoms with Crippen LogP contribution in [0.5, 0.6) is 5.75 Å². The summed E-state index contributed by atoms with van der Waals surface area (Å²) in [5.74, 6) is 0.183. The molecule has 0 fully saturated rings. The highest BCUT2D eigenvalue weighted by Gasteiger charge is 2.04. The number of nitrogens with zero attached hydrogens (tertiary/aromatic N) is 1. The zero-order valence-electron chi connectivity index (χ0n) is 7.64. The van der Waals surface area contributed by atoms with Gasteiger partial charge in [0.2, 0.25) is 0 Å². The van der Waals surface area contributed by atoms with Crippen molar-refractivity contribution >= 4 is 10.9 Å². The van der Waals surface area contributed by atoms with Crippen molar-refractivity contribution < 1.29 is 10.2 Å². The van der Waals surface area contributed by atoms with Crippen molar-refractivity contribution in [1.82, 2.24) is 4.98 Å². The van der Waals surface area contributed by atoms with Crippen molar-refractivity contribution in [2.45, 2.75) is 6.42 Å². The molecule has 72 valence electrons. The summed E-state index contributed by atoms with van der Waals surface area (Å²) in [6.07, 6.45) is 2.23. The standard InChI is InChI=1S/C11H11NO2/c13-7-5-8-3-4-10(14)11-9(8)2-1-6-12-11/h1-4,6,13-14H,5,7H2. The fourth-order valence-electron chi connectivity index (χ4n) is 1.56. The molecule has 0 saturated heterocycles. The number of aromatic nitrogens is 1. The van der Waals surface area contributed by atoms with Gasteiger partial charge < -0.3 is 10.2 Å². The molecule has 3 heteroatoms. The van der Waals surface area contributed by atoms with Crippen LogP contribution in [0.25, 0.3) is 10.9 Å². The Balaban J connectivity index is 2.68. The lowest BCUT2D eigenvalue weighted by Crippen LogP contribution is -1.92. The lowest BCUT2D eigenvalue weighted by molar-refractivity contribution is 0.300. The van der Waals surface area contributed by atoms with E-state index in [2.05, 4.69) is 4.98 Å². The van der Waals surface area contributed by atoms with E-state index in [1.807, 2.05) is 18.2 Å². The molecule has 0 aliphatic heterocycles. The van der Waals surface area contributed by atoms with Crippen LogP contribution in [0.4, 0.5) is 0 Å². The topological polar surface area (TPSA) is 53.4 Å². The zero-order valence-corrected chi connectivity index (χ0v) is 7.64. The van der Waals surface area contributed by atoms with Gasteiger partial charge in [-0.1, -0.05) is 12.1 Å². The second kappa shape index (κ2) is 3.64. The molecule has 0 radical (unpaired) electrons. The van der Waals surface area contributed by atoms with Gasteiger partial charge in [0.25, 0.3) is 0 Å². The zero-order chi connectivity index (χ0) is 9.97. The molecular formula is C11H11NO2. The number of benzene rings is 1. The van der Waals surface area contributed by atoms with Crippen LogP contribution >= 0.6 is 0 Å². The molecule has 2 rings (SSSR count). The average molecular weight is 189 g/mol. The summed E-state index contributed by atoms with van der Waals surface area (Å²) in [7, 11) is 0. The fourth-order valence-corrected chi connectivity index (χ4v) is 1.56. The number of aromatic hydroxyl groups is 1. The Bertz CT molecular complexity index is 454. The van der Waals surface area contributed by atoms with E-state index in [4.69, 9.17) is 5.11 Å². The first-order chi connectivity index (χ1) is 6.83. The molecule has 0 unspecified atom stereocenters. The Morgan fingerprint density at radius 2 is 2.07 bits per heavy atom. The number of phenols is 1. The first kappa shape index (κ1) is 8.97. The number of rotatable bonds is 2. The van der Waals surface area contributed by atoms with Crippen LogP contribution in [0.2, 0.25) is 0 Å². The van der Waals surface area contributed by atoms with Crippen molar-refractivity contribution in [3.63, 3.8) is 0 Å². The molecule has 0 aliphatic rings. The Labute approximate surface area is 81.7 Å². The summed E-state index contributed by atoms with van der Waals surface area (Å²) in [6, 6.07) is 7.14. The monoisotopic (exact) mass is 189 g/mol. The second-order valence-electron chi connectivity index (χ2n) is 3.12. The maximum absolute atomic E-state index is 9.54. The molecule has 14 heavy (non-hydrogen) atoms. The maximum Gasteiger partial charge on any atom is 0.141 e. The number of fused-ring (bicyclic) bond motifs is 1. The average Bonchev–Trinajstić information content (AvgIpc) is 2.23. The molecule has 2 aromatic rings. The second-order valence-corrected chi connectivity index (χ2v) is 3.12. The molecule has 2 N–H and O–H groups in total. The predicted octanol–water partition coefficient (Wildman–Crippen LogP) is 1.48. The summed E-state index contributed by atoms with van der Waals surface area (Å²) in [4.78, 5) is 4.09. The van der Waals surface area contributed by atoms with E-state index in [1.165, 1.54) is 0 Å². The SMILES string of the molecule is OCCc1ccc(O)c2ncccc12. The minimum absolute atomic E-state index is 0.106. The Morgan fingerprint density at radius 3 is 2.86 bits per heavy atom. The number of hydrogen-bond acceptors (Lipinski definition) is 3. The summed E-state index contributed by atoms with van der Waals surface area (Å²) >= 11 is 0. The van der Waals surface area contributed by atoms with Crippen molar-refractivity contribution in [1.29, 1.82) is 0 Å².